The molecule has 0 fully saturated rings. The van der Waals surface area contributed by atoms with Crippen LogP contribution in [0.15, 0.2) is 17.0 Å². The van der Waals surface area contributed by atoms with Gasteiger partial charge in [-0.05, 0) is 56.8 Å². The van der Waals surface area contributed by atoms with Gasteiger partial charge >= 0.3 is 11.9 Å². The molecule has 34 heavy (non-hydrogen) atoms. The number of nitrogens with one attached hydrogen (secondary N) is 2. The third kappa shape index (κ3) is 9.85. The van der Waals surface area contributed by atoms with Gasteiger partial charge in [-0.25, -0.2) is 4.79 Å². The first-order chi connectivity index (χ1) is 16.0. The number of carbonyl (C=O) groups excluding carboxylic acids is 2. The van der Waals surface area contributed by atoms with E-state index in [1.54, 1.807) is 13.0 Å². The summed E-state index contributed by atoms with van der Waals surface area (Å²) in [6.07, 6.45) is 0.772. The standard InChI is InChI=1S/C21H32N4O8S/c1-11-8-15(26)18(28)16(9-11)34-10-14(24-17(27)6-5-12(23)20(30)31)19(29)25-13(21(32)33)4-2-3-7-22/h8-9,12-14,26,28H,2-7,10,22-23H2,1H3,(H,24,27)(H,25,29)(H,30,31)(H,32,33). The zero-order valence-electron chi connectivity index (χ0n) is 18.8. The number of carbonyl (C=O) groups is 4. The van der Waals surface area contributed by atoms with Crippen LogP contribution in [-0.2, 0) is 19.2 Å². The summed E-state index contributed by atoms with van der Waals surface area (Å²) in [5.41, 5.74) is 11.5. The molecule has 190 valence electrons. The number of aliphatic carboxylic acids is 2. The topological polar surface area (TPSA) is 225 Å². The number of hydrogen-bond donors (Lipinski definition) is 8. The Kier molecular flexibility index (Phi) is 12.2. The van der Waals surface area contributed by atoms with Gasteiger partial charge in [-0.3, -0.25) is 14.4 Å². The third-order valence-corrected chi connectivity index (χ3v) is 5.94. The minimum atomic E-state index is -1.27. The molecule has 0 aliphatic carbocycles. The highest BCUT2D eigenvalue weighted by molar-refractivity contribution is 7.99. The molecule has 0 radical (unpaired) electrons. The Morgan fingerprint density at radius 3 is 2.26 bits per heavy atom. The highest BCUT2D eigenvalue weighted by Gasteiger charge is 2.27. The lowest BCUT2D eigenvalue weighted by atomic mass is 10.1. The fourth-order valence-corrected chi connectivity index (χ4v) is 3.98. The van der Waals surface area contributed by atoms with Gasteiger partial charge in [0, 0.05) is 12.2 Å². The van der Waals surface area contributed by atoms with Crippen molar-refractivity contribution in [2.24, 2.45) is 11.5 Å². The van der Waals surface area contributed by atoms with E-state index in [-0.39, 0.29) is 35.7 Å². The molecule has 3 atom stereocenters. The Morgan fingerprint density at radius 1 is 1.00 bits per heavy atom. The number of benzene rings is 1. The maximum atomic E-state index is 12.9. The number of phenols is 2. The number of aryl methyl sites for hydroxylation is 1. The van der Waals surface area contributed by atoms with Crippen molar-refractivity contribution in [3.8, 4) is 11.5 Å². The van der Waals surface area contributed by atoms with Crippen LogP contribution in [0, 0.1) is 6.92 Å². The van der Waals surface area contributed by atoms with Gasteiger partial charge in [0.05, 0.1) is 4.90 Å². The van der Waals surface area contributed by atoms with Crippen LogP contribution in [0.4, 0.5) is 0 Å². The number of thioether (sulfide) groups is 1. The fourth-order valence-electron chi connectivity index (χ4n) is 2.89. The molecule has 1 aromatic carbocycles. The molecule has 0 aromatic heterocycles. The van der Waals surface area contributed by atoms with E-state index in [0.29, 0.717) is 24.9 Å². The number of aromatic hydroxyl groups is 2. The molecule has 12 nitrogen and oxygen atoms in total. The van der Waals surface area contributed by atoms with E-state index in [9.17, 15) is 34.5 Å². The lowest BCUT2D eigenvalue weighted by Gasteiger charge is -2.22. The number of hydrogen-bond acceptors (Lipinski definition) is 9. The number of nitrogens with two attached hydrogens (primary N) is 2. The molecule has 0 heterocycles. The van der Waals surface area contributed by atoms with Crippen LogP contribution in [0.1, 0.15) is 37.7 Å². The van der Waals surface area contributed by atoms with Crippen molar-refractivity contribution in [1.29, 1.82) is 0 Å². The zero-order valence-corrected chi connectivity index (χ0v) is 19.6. The van der Waals surface area contributed by atoms with Crippen LogP contribution < -0.4 is 22.1 Å². The highest BCUT2D eigenvalue weighted by Crippen LogP contribution is 2.37. The zero-order chi connectivity index (χ0) is 25.8. The van der Waals surface area contributed by atoms with Gasteiger partial charge in [-0.1, -0.05) is 0 Å². The fraction of sp³-hybridized carbons (Fsp3) is 0.524. The number of unbranched alkanes of at least 4 members (excludes halogenated alkanes) is 1. The molecular formula is C21H32N4O8S. The summed E-state index contributed by atoms with van der Waals surface area (Å²) in [4.78, 5) is 47.8. The summed E-state index contributed by atoms with van der Waals surface area (Å²) in [6, 6.07) is -0.721. The largest absolute Gasteiger partial charge is 0.504 e. The summed E-state index contributed by atoms with van der Waals surface area (Å²) in [7, 11) is 0. The van der Waals surface area contributed by atoms with Gasteiger partial charge in [0.15, 0.2) is 11.5 Å². The molecule has 1 rings (SSSR count). The molecule has 10 N–H and O–H groups in total. The molecule has 13 heteroatoms. The van der Waals surface area contributed by atoms with Crippen LogP contribution in [0.3, 0.4) is 0 Å². The Hall–Kier alpha value is -3.03. The SMILES string of the molecule is Cc1cc(O)c(O)c(SCC(NC(=O)CCC(N)C(=O)O)C(=O)NC(CCCCN)C(=O)O)c1. The average Bonchev–Trinajstić information content (AvgIpc) is 2.76. The van der Waals surface area contributed by atoms with Gasteiger partial charge in [0.2, 0.25) is 11.8 Å². The summed E-state index contributed by atoms with van der Waals surface area (Å²) in [5, 5.41) is 43.0. The second-order valence-corrected chi connectivity index (χ2v) is 8.79. The second-order valence-electron chi connectivity index (χ2n) is 7.73. The summed E-state index contributed by atoms with van der Waals surface area (Å²) in [5.74, 6) is -4.76. The number of carboxylic acid groups (broad SMARTS) is 2. The van der Waals surface area contributed by atoms with E-state index in [1.807, 2.05) is 0 Å². The van der Waals surface area contributed by atoms with Crippen molar-refractivity contribution in [2.45, 2.75) is 62.0 Å². The molecule has 1 aromatic rings. The van der Waals surface area contributed by atoms with E-state index < -0.39 is 47.6 Å². The Balaban J connectivity index is 2.96. The van der Waals surface area contributed by atoms with E-state index in [1.165, 1.54) is 6.07 Å². The third-order valence-electron chi connectivity index (χ3n) is 4.82. The number of carboxylic acids is 2. The van der Waals surface area contributed by atoms with Gasteiger partial charge in [0.1, 0.15) is 18.1 Å². The molecule has 0 saturated carbocycles. The van der Waals surface area contributed by atoms with Crippen molar-refractivity contribution >= 4 is 35.5 Å². The molecule has 0 spiro atoms. The van der Waals surface area contributed by atoms with Crippen molar-refractivity contribution in [3.63, 3.8) is 0 Å². The van der Waals surface area contributed by atoms with Crippen molar-refractivity contribution in [1.82, 2.24) is 10.6 Å². The van der Waals surface area contributed by atoms with E-state index in [0.717, 1.165) is 11.8 Å². The number of phenolic OH excluding ortho intramolecular Hbond substituents is 2. The second kappa shape index (κ2) is 14.3. The quantitative estimate of drug-likeness (QED) is 0.0899. The van der Waals surface area contributed by atoms with Gasteiger partial charge in [-0.15, -0.1) is 11.8 Å². The van der Waals surface area contributed by atoms with Crippen molar-refractivity contribution in [3.05, 3.63) is 17.7 Å². The Bertz CT molecular complexity index is 883. The molecule has 0 saturated heterocycles. The first kappa shape index (κ1) is 29.0. The maximum absolute atomic E-state index is 12.9. The number of rotatable bonds is 15. The van der Waals surface area contributed by atoms with E-state index >= 15 is 0 Å². The molecule has 0 aliphatic rings. The summed E-state index contributed by atoms with van der Waals surface area (Å²) in [6.45, 7) is 2.07. The van der Waals surface area contributed by atoms with Crippen LogP contribution >= 0.6 is 11.8 Å². The van der Waals surface area contributed by atoms with E-state index in [4.69, 9.17) is 16.6 Å². The van der Waals surface area contributed by atoms with Crippen molar-refractivity contribution in [2.75, 3.05) is 12.3 Å². The van der Waals surface area contributed by atoms with Crippen LogP contribution in [0.5, 0.6) is 11.5 Å². The van der Waals surface area contributed by atoms with Crippen LogP contribution in [-0.4, -0.2) is 74.6 Å². The molecule has 2 amide bonds. The minimum absolute atomic E-state index is 0.103. The summed E-state index contributed by atoms with van der Waals surface area (Å²) >= 11 is 0.972. The first-order valence-electron chi connectivity index (χ1n) is 10.6. The van der Waals surface area contributed by atoms with Crippen molar-refractivity contribution < 1.29 is 39.6 Å². The predicted octanol–water partition coefficient (Wildman–Crippen LogP) is -0.126. The number of amides is 2. The Morgan fingerprint density at radius 2 is 1.68 bits per heavy atom. The van der Waals surface area contributed by atoms with Gasteiger partial charge in [0.25, 0.3) is 0 Å². The smallest absolute Gasteiger partial charge is 0.326 e. The monoisotopic (exact) mass is 500 g/mol. The molecule has 0 aliphatic heterocycles. The highest BCUT2D eigenvalue weighted by atomic mass is 32.2. The minimum Gasteiger partial charge on any atom is -0.504 e. The Labute approximate surface area is 201 Å². The van der Waals surface area contributed by atoms with E-state index in [2.05, 4.69) is 10.6 Å². The predicted molar refractivity (Wildman–Crippen MR) is 124 cm³/mol. The molecule has 3 unspecified atom stereocenters. The molecule has 0 bridgehead atoms. The lowest BCUT2D eigenvalue weighted by Crippen LogP contribution is -2.52. The van der Waals surface area contributed by atoms with Gasteiger partial charge < -0.3 is 42.5 Å². The average molecular weight is 501 g/mol. The normalized spacial score (nSPS) is 13.5. The lowest BCUT2D eigenvalue weighted by molar-refractivity contribution is -0.142. The first-order valence-corrected chi connectivity index (χ1v) is 11.6. The van der Waals surface area contributed by atoms with Crippen LogP contribution in [0.25, 0.3) is 0 Å². The maximum Gasteiger partial charge on any atom is 0.326 e. The van der Waals surface area contributed by atoms with Gasteiger partial charge in [-0.2, -0.15) is 0 Å². The van der Waals surface area contributed by atoms with Crippen LogP contribution in [0.2, 0.25) is 0 Å². The summed E-state index contributed by atoms with van der Waals surface area (Å²) < 4.78 is 0. The molecular weight excluding hydrogens is 468 g/mol.